The van der Waals surface area contributed by atoms with Crippen LogP contribution in [0.3, 0.4) is 0 Å². The molecule has 35 heavy (non-hydrogen) atoms. The number of aromatic nitrogens is 2. The molecule has 0 bridgehead atoms. The Morgan fingerprint density at radius 2 is 1.77 bits per heavy atom. The summed E-state index contributed by atoms with van der Waals surface area (Å²) in [5.41, 5.74) is 2.36. The minimum Gasteiger partial charge on any atom is -0.466 e. The molecular formula is C27H31N3O4S. The Bertz CT molecular complexity index is 1260. The van der Waals surface area contributed by atoms with Gasteiger partial charge in [-0.1, -0.05) is 43.0 Å². The topological polar surface area (TPSA) is 81.5 Å². The molecule has 1 atom stereocenters. The van der Waals surface area contributed by atoms with E-state index >= 15 is 0 Å². The lowest BCUT2D eigenvalue weighted by Gasteiger charge is -2.32. The van der Waals surface area contributed by atoms with Gasteiger partial charge in [0.15, 0.2) is 5.16 Å². The molecule has 2 heterocycles. The van der Waals surface area contributed by atoms with Gasteiger partial charge in [0.1, 0.15) is 0 Å². The number of nitrogens with zero attached hydrogens (tertiary/aromatic N) is 3. The van der Waals surface area contributed by atoms with E-state index in [0.29, 0.717) is 48.6 Å². The van der Waals surface area contributed by atoms with E-state index in [1.165, 1.54) is 17.3 Å². The quantitative estimate of drug-likeness (QED) is 0.278. The number of para-hydroxylation sites is 1. The summed E-state index contributed by atoms with van der Waals surface area (Å²) in [5, 5.41) is 0.583. The molecule has 1 unspecified atom stereocenters. The number of benzene rings is 2. The molecule has 0 radical (unpaired) electrons. The molecule has 1 aliphatic rings. The van der Waals surface area contributed by atoms with Crippen molar-refractivity contribution in [3.8, 4) is 5.69 Å². The molecule has 7 nitrogen and oxygen atoms in total. The van der Waals surface area contributed by atoms with Gasteiger partial charge in [0.25, 0.3) is 5.56 Å². The van der Waals surface area contributed by atoms with Gasteiger partial charge in [-0.3, -0.25) is 19.0 Å². The number of fused-ring (bicyclic) bond motifs is 1. The lowest BCUT2D eigenvalue weighted by Crippen LogP contribution is -2.43. The lowest BCUT2D eigenvalue weighted by molar-refractivity contribution is -0.151. The van der Waals surface area contributed by atoms with E-state index in [1.807, 2.05) is 49.4 Å². The van der Waals surface area contributed by atoms with Gasteiger partial charge in [0.05, 0.1) is 34.4 Å². The molecule has 4 rings (SSSR count). The number of amides is 1. The van der Waals surface area contributed by atoms with Gasteiger partial charge in [-0.05, 0) is 62.9 Å². The summed E-state index contributed by atoms with van der Waals surface area (Å²) in [6.45, 7) is 7.13. The van der Waals surface area contributed by atoms with Crippen molar-refractivity contribution in [1.29, 1.82) is 0 Å². The third-order valence-electron chi connectivity index (χ3n) is 6.40. The Hall–Kier alpha value is -3.13. The summed E-state index contributed by atoms with van der Waals surface area (Å²) in [6, 6.07) is 15.1. The van der Waals surface area contributed by atoms with Gasteiger partial charge in [-0.25, -0.2) is 4.98 Å². The average Bonchev–Trinajstić information content (AvgIpc) is 2.89. The second-order valence-electron chi connectivity index (χ2n) is 8.68. The summed E-state index contributed by atoms with van der Waals surface area (Å²) < 4.78 is 6.73. The van der Waals surface area contributed by atoms with Crippen LogP contribution < -0.4 is 5.56 Å². The summed E-state index contributed by atoms with van der Waals surface area (Å²) in [7, 11) is 0. The van der Waals surface area contributed by atoms with Gasteiger partial charge in [0, 0.05) is 13.1 Å². The van der Waals surface area contributed by atoms with Gasteiger partial charge >= 0.3 is 5.97 Å². The van der Waals surface area contributed by atoms with Crippen molar-refractivity contribution in [3.63, 3.8) is 0 Å². The first-order valence-electron chi connectivity index (χ1n) is 12.2. The first-order valence-corrected chi connectivity index (χ1v) is 13.0. The lowest BCUT2D eigenvalue weighted by atomic mass is 9.97. The predicted molar refractivity (Wildman–Crippen MR) is 138 cm³/mol. The molecule has 1 amide bonds. The Morgan fingerprint density at radius 1 is 1.09 bits per heavy atom. The van der Waals surface area contributed by atoms with Crippen molar-refractivity contribution < 1.29 is 14.3 Å². The molecule has 0 N–H and O–H groups in total. The molecule has 1 aliphatic heterocycles. The minimum atomic E-state index is -0.441. The number of thioether (sulfide) groups is 1. The zero-order valence-corrected chi connectivity index (χ0v) is 21.2. The molecule has 8 heteroatoms. The van der Waals surface area contributed by atoms with E-state index in [4.69, 9.17) is 9.72 Å². The summed E-state index contributed by atoms with van der Waals surface area (Å²) in [6.07, 6.45) is 2.11. The summed E-state index contributed by atoms with van der Waals surface area (Å²) in [5.74, 6) is -0.353. The van der Waals surface area contributed by atoms with Crippen molar-refractivity contribution in [1.82, 2.24) is 14.5 Å². The number of hydrogen-bond donors (Lipinski definition) is 0. The summed E-state index contributed by atoms with van der Waals surface area (Å²) in [4.78, 5) is 45.3. The number of hydrogen-bond acceptors (Lipinski definition) is 6. The Balaban J connectivity index is 1.59. The molecule has 184 valence electrons. The summed E-state index contributed by atoms with van der Waals surface area (Å²) >= 11 is 1.29. The van der Waals surface area contributed by atoms with Gasteiger partial charge < -0.3 is 9.64 Å². The van der Waals surface area contributed by atoms with Crippen LogP contribution in [-0.2, 0) is 20.7 Å². The molecule has 0 aliphatic carbocycles. The van der Waals surface area contributed by atoms with E-state index in [-0.39, 0.29) is 23.4 Å². The standard InChI is InChI=1S/C27H31N3O4S/c1-4-19-10-12-21(13-11-19)30-25(32)22-8-6-7-9-23(22)28-27(30)35-18(3)24(31)29-16-14-20(15-17-29)26(33)34-5-2/h6-13,18,20H,4-5,14-17H2,1-3H3. The van der Waals surface area contributed by atoms with E-state index in [1.54, 1.807) is 22.5 Å². The van der Waals surface area contributed by atoms with Crippen LogP contribution in [0.15, 0.2) is 58.5 Å². The van der Waals surface area contributed by atoms with Crippen molar-refractivity contribution in [2.75, 3.05) is 19.7 Å². The maximum absolute atomic E-state index is 13.5. The maximum atomic E-state index is 13.5. The number of likely N-dealkylation sites (tertiary alicyclic amines) is 1. The fourth-order valence-electron chi connectivity index (χ4n) is 4.36. The molecule has 1 fully saturated rings. The van der Waals surface area contributed by atoms with Crippen LogP contribution in [0.1, 0.15) is 39.2 Å². The van der Waals surface area contributed by atoms with Crippen LogP contribution in [-0.4, -0.2) is 51.3 Å². The molecule has 2 aromatic carbocycles. The SMILES string of the molecule is CCOC(=O)C1CCN(C(=O)C(C)Sc2nc3ccccc3c(=O)n2-c2ccc(CC)cc2)CC1. The predicted octanol–water partition coefficient (Wildman–Crippen LogP) is 4.23. The second kappa shape index (κ2) is 11.1. The van der Waals surface area contributed by atoms with Crippen LogP contribution in [0, 0.1) is 5.92 Å². The van der Waals surface area contributed by atoms with Crippen LogP contribution in [0.25, 0.3) is 16.6 Å². The number of aryl methyl sites for hydroxylation is 1. The van der Waals surface area contributed by atoms with Crippen LogP contribution in [0.2, 0.25) is 0 Å². The van der Waals surface area contributed by atoms with Crippen molar-refractivity contribution in [2.24, 2.45) is 5.92 Å². The Labute approximate surface area is 209 Å². The smallest absolute Gasteiger partial charge is 0.309 e. The molecule has 0 saturated carbocycles. The zero-order valence-electron chi connectivity index (χ0n) is 20.4. The number of carbonyl (C=O) groups is 2. The molecule has 1 aromatic heterocycles. The molecule has 0 spiro atoms. The third kappa shape index (κ3) is 5.42. The van der Waals surface area contributed by atoms with Gasteiger partial charge in [-0.2, -0.15) is 0 Å². The normalized spacial score (nSPS) is 15.2. The third-order valence-corrected chi connectivity index (χ3v) is 7.44. The monoisotopic (exact) mass is 493 g/mol. The minimum absolute atomic E-state index is 0.0207. The molecule has 3 aromatic rings. The van der Waals surface area contributed by atoms with Gasteiger partial charge in [-0.15, -0.1) is 0 Å². The highest BCUT2D eigenvalue weighted by atomic mass is 32.2. The number of ether oxygens (including phenoxy) is 1. The fraction of sp³-hybridized carbons (Fsp3) is 0.407. The first kappa shape index (κ1) is 25.0. The largest absolute Gasteiger partial charge is 0.466 e. The first-order chi connectivity index (χ1) is 16.9. The van der Waals surface area contributed by atoms with E-state index in [2.05, 4.69) is 6.92 Å². The van der Waals surface area contributed by atoms with Crippen molar-refractivity contribution in [3.05, 3.63) is 64.4 Å². The molecule has 1 saturated heterocycles. The highest BCUT2D eigenvalue weighted by Gasteiger charge is 2.31. The van der Waals surface area contributed by atoms with Gasteiger partial charge in [0.2, 0.25) is 5.91 Å². The van der Waals surface area contributed by atoms with Crippen molar-refractivity contribution in [2.45, 2.75) is 50.4 Å². The maximum Gasteiger partial charge on any atom is 0.309 e. The highest BCUT2D eigenvalue weighted by Crippen LogP contribution is 2.28. The fourth-order valence-corrected chi connectivity index (χ4v) is 5.37. The van der Waals surface area contributed by atoms with Crippen molar-refractivity contribution >= 4 is 34.5 Å². The number of piperidine rings is 1. The van der Waals surface area contributed by atoms with E-state index < -0.39 is 5.25 Å². The molecular weight excluding hydrogens is 462 g/mol. The number of rotatable bonds is 7. The van der Waals surface area contributed by atoms with E-state index in [9.17, 15) is 14.4 Å². The Morgan fingerprint density at radius 3 is 2.43 bits per heavy atom. The number of carbonyl (C=O) groups excluding carboxylic acids is 2. The van der Waals surface area contributed by atoms with Crippen LogP contribution in [0.5, 0.6) is 0 Å². The zero-order chi connectivity index (χ0) is 24.9. The van der Waals surface area contributed by atoms with Crippen LogP contribution >= 0.6 is 11.8 Å². The highest BCUT2D eigenvalue weighted by molar-refractivity contribution is 8.00. The van der Waals surface area contributed by atoms with Crippen LogP contribution in [0.4, 0.5) is 0 Å². The van der Waals surface area contributed by atoms with E-state index in [0.717, 1.165) is 12.1 Å². The second-order valence-corrected chi connectivity index (χ2v) is 9.99. The number of esters is 1. The Kier molecular flexibility index (Phi) is 7.90. The average molecular weight is 494 g/mol.